The quantitative estimate of drug-likeness (QED) is 0.289. The van der Waals surface area contributed by atoms with Gasteiger partial charge in [-0.2, -0.15) is 0 Å². The molecule has 1 rings (SSSR count). The molecule has 0 spiro atoms. The maximum atomic E-state index is 8.42. The van der Waals surface area contributed by atoms with E-state index < -0.39 is 0 Å². The van der Waals surface area contributed by atoms with Crippen molar-refractivity contribution in [3.63, 3.8) is 0 Å². The smallest absolute Gasteiger partial charge is 0.0431 e. The second kappa shape index (κ2) is 30.8. The van der Waals surface area contributed by atoms with Crippen LogP contribution in [0.4, 0.5) is 0 Å². The fraction of sp³-hybridized carbons (Fsp3) is 0.800. The Hall–Kier alpha value is -0.930. The highest BCUT2D eigenvalue weighted by Crippen LogP contribution is 2.09. The summed E-state index contributed by atoms with van der Waals surface area (Å²) in [6.07, 6.45) is 24.9. The van der Waals surface area contributed by atoms with Gasteiger partial charge in [0.05, 0.1) is 0 Å². The van der Waals surface area contributed by atoms with Crippen molar-refractivity contribution in [1.82, 2.24) is 4.98 Å². The van der Waals surface area contributed by atoms with Crippen LogP contribution in [-0.2, 0) is 0 Å². The van der Waals surface area contributed by atoms with E-state index in [2.05, 4.69) is 18.8 Å². The molecule has 166 valence electrons. The van der Waals surface area contributed by atoms with Gasteiger partial charge in [0.25, 0.3) is 0 Å². The molecule has 3 heteroatoms. The van der Waals surface area contributed by atoms with Gasteiger partial charge in [-0.1, -0.05) is 110 Å². The van der Waals surface area contributed by atoms with Crippen LogP contribution in [0.15, 0.2) is 30.6 Å². The van der Waals surface area contributed by atoms with Crippen LogP contribution in [0.1, 0.15) is 117 Å². The number of rotatable bonds is 16. The van der Waals surface area contributed by atoms with E-state index in [1.165, 1.54) is 96.3 Å². The van der Waals surface area contributed by atoms with Gasteiger partial charge in [0.2, 0.25) is 0 Å². The van der Waals surface area contributed by atoms with Crippen LogP contribution in [0.3, 0.4) is 0 Å². The molecule has 0 aliphatic rings. The maximum absolute atomic E-state index is 8.42. The van der Waals surface area contributed by atoms with Crippen LogP contribution < -0.4 is 5.73 Å². The minimum Gasteiger partial charge on any atom is -0.396 e. The second-order valence-electron chi connectivity index (χ2n) is 7.49. The van der Waals surface area contributed by atoms with Gasteiger partial charge in [-0.15, -0.1) is 0 Å². The predicted molar refractivity (Wildman–Crippen MR) is 126 cm³/mol. The number of aliphatic hydroxyl groups excluding tert-OH is 1. The summed E-state index contributed by atoms with van der Waals surface area (Å²) >= 11 is 0. The Labute approximate surface area is 176 Å². The molecule has 0 radical (unpaired) electrons. The van der Waals surface area contributed by atoms with E-state index >= 15 is 0 Å². The summed E-state index contributed by atoms with van der Waals surface area (Å²) in [6, 6.07) is 5.72. The van der Waals surface area contributed by atoms with Crippen LogP contribution in [0.5, 0.6) is 0 Å². The van der Waals surface area contributed by atoms with Gasteiger partial charge >= 0.3 is 0 Å². The summed E-state index contributed by atoms with van der Waals surface area (Å²) in [5.74, 6) is 0. The van der Waals surface area contributed by atoms with Crippen molar-refractivity contribution in [2.75, 3.05) is 13.2 Å². The molecule has 0 saturated carbocycles. The first kappa shape index (κ1) is 29.3. The molecule has 28 heavy (non-hydrogen) atoms. The minimum absolute atomic E-state index is 0.367. The fourth-order valence-electron chi connectivity index (χ4n) is 2.84. The van der Waals surface area contributed by atoms with Crippen molar-refractivity contribution < 1.29 is 5.11 Å². The predicted octanol–water partition coefficient (Wildman–Crippen LogP) is 7.29. The zero-order valence-electron chi connectivity index (χ0n) is 19.1. The second-order valence-corrected chi connectivity index (χ2v) is 7.49. The third-order valence-electron chi connectivity index (χ3n) is 4.64. The average Bonchev–Trinajstić information content (AvgIpc) is 2.75. The maximum Gasteiger partial charge on any atom is 0.0431 e. The molecule has 3 N–H and O–H groups in total. The van der Waals surface area contributed by atoms with Gasteiger partial charge in [-0.05, 0) is 31.5 Å². The molecule has 1 aromatic rings. The van der Waals surface area contributed by atoms with Crippen LogP contribution >= 0.6 is 0 Å². The third kappa shape index (κ3) is 32.7. The first-order valence-corrected chi connectivity index (χ1v) is 12.0. The normalized spacial score (nSPS) is 9.86. The lowest BCUT2D eigenvalue weighted by atomic mass is 10.1. The Morgan fingerprint density at radius 1 is 0.571 bits per heavy atom. The van der Waals surface area contributed by atoms with Crippen LogP contribution in [-0.4, -0.2) is 23.2 Å². The van der Waals surface area contributed by atoms with E-state index in [9.17, 15) is 0 Å². The Bertz CT molecular complexity index is 290. The highest BCUT2D eigenvalue weighted by molar-refractivity contribution is 4.88. The molecule has 1 aromatic heterocycles. The summed E-state index contributed by atoms with van der Waals surface area (Å²) < 4.78 is 0. The highest BCUT2D eigenvalue weighted by atomic mass is 16.2. The molecular weight excluding hydrogens is 344 g/mol. The van der Waals surface area contributed by atoms with Crippen LogP contribution in [0.2, 0.25) is 0 Å². The summed E-state index contributed by atoms with van der Waals surface area (Å²) in [5.41, 5.74) is 5.42. The topological polar surface area (TPSA) is 59.1 Å². The van der Waals surface area contributed by atoms with Gasteiger partial charge in [-0.25, -0.2) is 0 Å². The van der Waals surface area contributed by atoms with Crippen molar-refractivity contribution in [2.24, 2.45) is 5.73 Å². The van der Waals surface area contributed by atoms with Gasteiger partial charge in [0.15, 0.2) is 0 Å². The summed E-state index contributed by atoms with van der Waals surface area (Å²) in [4.78, 5) is 3.78. The molecule has 0 fully saturated rings. The molecule has 0 unspecified atom stereocenters. The molecule has 0 atom stereocenters. The first-order valence-electron chi connectivity index (χ1n) is 12.0. The Morgan fingerprint density at radius 2 is 0.964 bits per heavy atom. The number of hydrogen-bond donors (Lipinski definition) is 2. The number of hydrogen-bond acceptors (Lipinski definition) is 3. The van der Waals surface area contributed by atoms with Gasteiger partial charge in [-0.3, -0.25) is 4.98 Å². The van der Waals surface area contributed by atoms with Crippen molar-refractivity contribution in [3.05, 3.63) is 30.6 Å². The van der Waals surface area contributed by atoms with E-state index in [0.29, 0.717) is 6.61 Å². The van der Waals surface area contributed by atoms with Crippen molar-refractivity contribution in [1.29, 1.82) is 0 Å². The molecule has 0 bridgehead atoms. The molecule has 0 saturated heterocycles. The number of unbranched alkanes of at least 4 members (excludes halogenated alkanes) is 14. The van der Waals surface area contributed by atoms with E-state index in [4.69, 9.17) is 10.8 Å². The SMILES string of the molecule is CCCCCCCCCCCCN.CCCCCCCCO.c1ccncc1. The summed E-state index contributed by atoms with van der Waals surface area (Å²) in [7, 11) is 0. The van der Waals surface area contributed by atoms with Gasteiger partial charge in [0.1, 0.15) is 0 Å². The van der Waals surface area contributed by atoms with E-state index in [0.717, 1.165) is 13.0 Å². The largest absolute Gasteiger partial charge is 0.396 e. The zero-order valence-corrected chi connectivity index (χ0v) is 19.1. The number of aromatic nitrogens is 1. The summed E-state index contributed by atoms with van der Waals surface area (Å²) in [6.45, 7) is 5.72. The molecule has 1 heterocycles. The van der Waals surface area contributed by atoms with Crippen LogP contribution in [0.25, 0.3) is 0 Å². The number of pyridine rings is 1. The third-order valence-corrected chi connectivity index (χ3v) is 4.64. The van der Waals surface area contributed by atoms with E-state index in [-0.39, 0.29) is 0 Å². The van der Waals surface area contributed by atoms with E-state index in [1.54, 1.807) is 12.4 Å². The molecule has 3 nitrogen and oxygen atoms in total. The first-order chi connectivity index (χ1) is 13.8. The lowest BCUT2D eigenvalue weighted by Gasteiger charge is -2.00. The highest BCUT2D eigenvalue weighted by Gasteiger charge is 1.91. The summed E-state index contributed by atoms with van der Waals surface area (Å²) in [5, 5.41) is 8.42. The van der Waals surface area contributed by atoms with Crippen LogP contribution in [0, 0.1) is 0 Å². The van der Waals surface area contributed by atoms with Crippen molar-refractivity contribution >= 4 is 0 Å². The number of aliphatic hydroxyl groups is 1. The Balaban J connectivity index is 0. The van der Waals surface area contributed by atoms with E-state index in [1.807, 2.05) is 18.2 Å². The fourth-order valence-corrected chi connectivity index (χ4v) is 2.84. The molecular formula is C25H50N2O. The average molecular weight is 395 g/mol. The minimum atomic E-state index is 0.367. The molecule has 0 aliphatic carbocycles. The standard InChI is InChI=1S/C12H27N.C8H18O.C5H5N/c1-2-3-4-5-6-7-8-9-10-11-12-13;1-2-3-4-5-6-7-8-9;1-2-4-6-5-3-1/h2-13H2,1H3;9H,2-8H2,1H3;1-5H. The van der Waals surface area contributed by atoms with Crippen molar-refractivity contribution in [3.8, 4) is 0 Å². The Kier molecular flexibility index (Phi) is 32.2. The van der Waals surface area contributed by atoms with Gasteiger partial charge < -0.3 is 10.8 Å². The molecule has 0 aliphatic heterocycles. The number of nitrogens with zero attached hydrogens (tertiary/aromatic N) is 1. The molecule has 0 amide bonds. The van der Waals surface area contributed by atoms with Gasteiger partial charge in [0, 0.05) is 19.0 Å². The number of nitrogens with two attached hydrogens (primary N) is 1. The van der Waals surface area contributed by atoms with Crippen molar-refractivity contribution in [2.45, 2.75) is 117 Å². The lowest BCUT2D eigenvalue weighted by Crippen LogP contribution is -1.97. The molecule has 0 aromatic carbocycles. The lowest BCUT2D eigenvalue weighted by molar-refractivity contribution is 0.282. The zero-order chi connectivity index (χ0) is 21.0. The Morgan fingerprint density at radius 3 is 1.25 bits per heavy atom. The monoisotopic (exact) mass is 394 g/mol.